The first-order valence-corrected chi connectivity index (χ1v) is 20.9. The predicted octanol–water partition coefficient (Wildman–Crippen LogP) is 13.1. The maximum atomic E-state index is 2.60. The minimum atomic E-state index is -0.215. The number of aryl methyl sites for hydroxylation is 1. The van der Waals surface area contributed by atoms with Gasteiger partial charge in [-0.05, 0) is 126 Å². The van der Waals surface area contributed by atoms with E-state index in [1.54, 1.807) is 32.1 Å². The van der Waals surface area contributed by atoms with E-state index >= 15 is 0 Å². The van der Waals surface area contributed by atoms with Gasteiger partial charge in [0.25, 0.3) is 0 Å². The molecule has 7 aliphatic rings. The highest BCUT2D eigenvalue weighted by atomic mass is 32.2. The summed E-state index contributed by atoms with van der Waals surface area (Å²) in [5.41, 5.74) is 16.1. The van der Waals surface area contributed by atoms with Crippen molar-refractivity contribution < 1.29 is 0 Å². The summed E-state index contributed by atoms with van der Waals surface area (Å²) in [4.78, 5) is 4.60. The van der Waals surface area contributed by atoms with Crippen molar-refractivity contribution in [3.8, 4) is 5.69 Å². The molecule has 0 N–H and O–H groups in total. The van der Waals surface area contributed by atoms with Gasteiger partial charge in [0.05, 0.1) is 16.6 Å². The van der Waals surface area contributed by atoms with Crippen LogP contribution >= 0.6 is 23.5 Å². The first kappa shape index (κ1) is 31.1. The fraction of sp³-hybridized carbons (Fsp3) is 0.224. The van der Waals surface area contributed by atoms with E-state index in [0.717, 1.165) is 51.4 Å². The Labute approximate surface area is 315 Å². The lowest BCUT2D eigenvalue weighted by Crippen LogP contribution is -2.44. The molecular formula is C49H41NS2. The van der Waals surface area contributed by atoms with Gasteiger partial charge in [0.1, 0.15) is 0 Å². The Bertz CT molecular complexity index is 2470. The SMILES string of the molecule is C1=CCCC(C2=CCCC3=C2SC2=C(C=CC(C4=Cc5c(c6ccccc6n5-c5ccccc5)CC4)C2)C32C3=CC=CCC3Sc3ccccc32)=C1. The van der Waals surface area contributed by atoms with Gasteiger partial charge in [-0.15, -0.1) is 11.8 Å². The van der Waals surface area contributed by atoms with Gasteiger partial charge >= 0.3 is 0 Å². The molecular weight excluding hydrogens is 667 g/mol. The van der Waals surface area contributed by atoms with Crippen LogP contribution in [0.4, 0.5) is 0 Å². The molecule has 0 saturated carbocycles. The molecule has 0 bridgehead atoms. The van der Waals surface area contributed by atoms with Gasteiger partial charge in [-0.1, -0.05) is 127 Å². The minimum Gasteiger partial charge on any atom is -0.310 e. The van der Waals surface area contributed by atoms with Crippen LogP contribution in [0.2, 0.25) is 0 Å². The van der Waals surface area contributed by atoms with Gasteiger partial charge < -0.3 is 4.57 Å². The summed E-state index contributed by atoms with van der Waals surface area (Å²) in [6.07, 6.45) is 33.5. The van der Waals surface area contributed by atoms with Crippen molar-refractivity contribution in [1.29, 1.82) is 0 Å². The van der Waals surface area contributed by atoms with E-state index in [-0.39, 0.29) is 5.41 Å². The molecule has 1 spiro atoms. The summed E-state index contributed by atoms with van der Waals surface area (Å²) < 4.78 is 2.51. The second-order valence-electron chi connectivity index (χ2n) is 15.1. The number of benzene rings is 3. The fourth-order valence-corrected chi connectivity index (χ4v) is 13.2. The quantitative estimate of drug-likeness (QED) is 0.209. The Balaban J connectivity index is 1.08. The van der Waals surface area contributed by atoms with Gasteiger partial charge in [0.2, 0.25) is 0 Å². The second-order valence-corrected chi connectivity index (χ2v) is 17.5. The van der Waals surface area contributed by atoms with E-state index in [1.165, 1.54) is 49.5 Å². The first-order chi connectivity index (χ1) is 25.8. The van der Waals surface area contributed by atoms with Crippen LogP contribution in [0.15, 0.2) is 182 Å². The number of thioether (sulfide) groups is 2. The highest BCUT2D eigenvalue weighted by Crippen LogP contribution is 2.66. The number of nitrogens with zero attached hydrogens (tertiary/aromatic N) is 1. The molecule has 3 heterocycles. The maximum Gasteiger partial charge on any atom is 0.0668 e. The standard InChI is InChI=1S/C49H41NS2/c1-3-14-32(15-4-1)36-19-13-22-42-48(36)52-47-31-34(27-29-41(47)49(42)39-20-8-11-24-45(39)51-46-25-12-9-21-40(46)49)33-26-28-38-37-18-7-10-23-43(37)50(44(38)30-33)35-16-5-2-6-17-35/h1-3,5-12,14,16-21,23-24,27,29-30,34,46H,4,13,15,22,25-26,28,31H2. The molecule has 2 aliphatic heterocycles. The largest absolute Gasteiger partial charge is 0.310 e. The lowest BCUT2D eigenvalue weighted by molar-refractivity contribution is 0.589. The van der Waals surface area contributed by atoms with Crippen LogP contribution in [0.5, 0.6) is 0 Å². The molecule has 0 fully saturated rings. The summed E-state index contributed by atoms with van der Waals surface area (Å²) in [6.45, 7) is 0. The van der Waals surface area contributed by atoms with Crippen LogP contribution < -0.4 is 0 Å². The third-order valence-electron chi connectivity index (χ3n) is 12.5. The van der Waals surface area contributed by atoms with E-state index in [9.17, 15) is 0 Å². The molecule has 3 heteroatoms. The van der Waals surface area contributed by atoms with Crippen molar-refractivity contribution in [2.45, 2.75) is 66.9 Å². The third kappa shape index (κ3) is 4.58. The summed E-state index contributed by atoms with van der Waals surface area (Å²) in [6, 6.07) is 29.4. The van der Waals surface area contributed by atoms with Crippen molar-refractivity contribution in [1.82, 2.24) is 4.57 Å². The Morgan fingerprint density at radius 2 is 1.65 bits per heavy atom. The number of rotatable bonds is 3. The highest BCUT2D eigenvalue weighted by Gasteiger charge is 2.54. The lowest BCUT2D eigenvalue weighted by atomic mass is 9.58. The van der Waals surface area contributed by atoms with Gasteiger partial charge in [0, 0.05) is 32.0 Å². The Hall–Kier alpha value is -4.44. The number of aromatic nitrogens is 1. The molecule has 3 aromatic carbocycles. The van der Waals surface area contributed by atoms with Crippen LogP contribution in [0.25, 0.3) is 22.7 Å². The average molecular weight is 708 g/mol. The summed E-state index contributed by atoms with van der Waals surface area (Å²) in [5, 5.41) is 1.86. The first-order valence-electron chi connectivity index (χ1n) is 19.2. The Morgan fingerprint density at radius 3 is 2.58 bits per heavy atom. The second kappa shape index (κ2) is 12.3. The van der Waals surface area contributed by atoms with E-state index in [1.807, 2.05) is 0 Å². The van der Waals surface area contributed by atoms with Gasteiger partial charge in [-0.2, -0.15) is 0 Å². The van der Waals surface area contributed by atoms with E-state index in [4.69, 9.17) is 0 Å². The zero-order valence-electron chi connectivity index (χ0n) is 29.4. The summed E-state index contributed by atoms with van der Waals surface area (Å²) >= 11 is 4.22. The monoisotopic (exact) mass is 707 g/mol. The lowest BCUT2D eigenvalue weighted by Gasteiger charge is -2.53. The molecule has 0 amide bonds. The fourth-order valence-electron chi connectivity index (χ4n) is 10.3. The molecule has 11 rings (SSSR count). The van der Waals surface area contributed by atoms with Crippen LogP contribution in [-0.2, 0) is 11.8 Å². The average Bonchev–Trinajstić information content (AvgIpc) is 3.55. The van der Waals surface area contributed by atoms with Crippen molar-refractivity contribution >= 4 is 40.5 Å². The molecule has 0 saturated heterocycles. The molecule has 5 aliphatic carbocycles. The van der Waals surface area contributed by atoms with Crippen LogP contribution in [0.1, 0.15) is 61.8 Å². The van der Waals surface area contributed by atoms with E-state index in [0.29, 0.717) is 11.2 Å². The maximum absolute atomic E-state index is 2.60. The topological polar surface area (TPSA) is 4.93 Å². The van der Waals surface area contributed by atoms with Crippen molar-refractivity contribution in [2.24, 2.45) is 5.92 Å². The van der Waals surface area contributed by atoms with Crippen molar-refractivity contribution in [2.75, 3.05) is 0 Å². The molecule has 1 aromatic heterocycles. The van der Waals surface area contributed by atoms with Gasteiger partial charge in [-0.25, -0.2) is 0 Å². The number of hydrogen-bond donors (Lipinski definition) is 0. The smallest absolute Gasteiger partial charge is 0.0668 e. The molecule has 3 atom stereocenters. The minimum absolute atomic E-state index is 0.215. The van der Waals surface area contributed by atoms with E-state index < -0.39 is 0 Å². The van der Waals surface area contributed by atoms with Gasteiger partial charge in [0.15, 0.2) is 0 Å². The van der Waals surface area contributed by atoms with Crippen molar-refractivity contribution in [3.63, 3.8) is 0 Å². The number of hydrogen-bond acceptors (Lipinski definition) is 2. The Morgan fingerprint density at radius 1 is 0.788 bits per heavy atom. The third-order valence-corrected chi connectivity index (χ3v) is 15.1. The van der Waals surface area contributed by atoms with Gasteiger partial charge in [-0.3, -0.25) is 0 Å². The Kier molecular flexibility index (Phi) is 7.37. The van der Waals surface area contributed by atoms with E-state index in [2.05, 4.69) is 168 Å². The zero-order valence-corrected chi connectivity index (χ0v) is 31.0. The van der Waals surface area contributed by atoms with Crippen LogP contribution in [0.3, 0.4) is 0 Å². The summed E-state index contributed by atoms with van der Waals surface area (Å²) in [5.74, 6) is 0.387. The summed E-state index contributed by atoms with van der Waals surface area (Å²) in [7, 11) is 0. The van der Waals surface area contributed by atoms with Crippen LogP contribution in [-0.4, -0.2) is 9.82 Å². The molecule has 52 heavy (non-hydrogen) atoms. The normalized spacial score (nSPS) is 25.8. The molecule has 254 valence electrons. The van der Waals surface area contributed by atoms with Crippen molar-refractivity contribution in [3.05, 3.63) is 194 Å². The molecule has 0 radical (unpaired) electrons. The number of allylic oxidation sites excluding steroid dienone is 15. The zero-order chi connectivity index (χ0) is 34.2. The molecule has 4 aromatic rings. The highest BCUT2D eigenvalue weighted by molar-refractivity contribution is 8.07. The number of fused-ring (bicyclic) bond motifs is 9. The van der Waals surface area contributed by atoms with Crippen LogP contribution in [0, 0.1) is 5.92 Å². The number of para-hydroxylation sites is 2. The molecule has 1 nitrogen and oxygen atoms in total. The molecule has 3 unspecified atom stereocenters. The predicted molar refractivity (Wildman–Crippen MR) is 222 cm³/mol.